The first-order valence-electron chi connectivity index (χ1n) is 14.7. The number of rotatable bonds is 12. The molecule has 1 aromatic rings. The van der Waals surface area contributed by atoms with Crippen LogP contribution in [0, 0.1) is 22.2 Å². The summed E-state index contributed by atoms with van der Waals surface area (Å²) in [6.45, 7) is 14.1. The highest BCUT2D eigenvalue weighted by Gasteiger charge is 2.32. The van der Waals surface area contributed by atoms with Crippen molar-refractivity contribution in [3.05, 3.63) is 70.8 Å². The number of hydrogen-bond acceptors (Lipinski definition) is 4. The third-order valence-corrected chi connectivity index (χ3v) is 8.44. The molecule has 2 aliphatic carbocycles. The van der Waals surface area contributed by atoms with E-state index in [0.29, 0.717) is 19.3 Å². The van der Waals surface area contributed by atoms with Crippen LogP contribution in [0.3, 0.4) is 0 Å². The third-order valence-electron chi connectivity index (χ3n) is 8.44. The topological polar surface area (TPSA) is 98.0 Å². The van der Waals surface area contributed by atoms with E-state index in [4.69, 9.17) is 0 Å². The van der Waals surface area contributed by atoms with Crippen LogP contribution in [0.4, 0.5) is 0 Å². The number of allylic oxidation sites excluding steroid dienone is 4. The maximum atomic E-state index is 11.6. The van der Waals surface area contributed by atoms with Gasteiger partial charge < -0.3 is 20.4 Å². The van der Waals surface area contributed by atoms with Gasteiger partial charge in [-0.2, -0.15) is 0 Å². The van der Waals surface area contributed by atoms with Gasteiger partial charge in [-0.3, -0.25) is 4.79 Å². The molecule has 3 rings (SSSR count). The number of benzene rings is 1. The number of carboxylic acids is 1. The van der Waals surface area contributed by atoms with Crippen LogP contribution in [0.1, 0.15) is 98.1 Å². The van der Waals surface area contributed by atoms with Crippen molar-refractivity contribution >= 4 is 17.1 Å². The van der Waals surface area contributed by atoms with Crippen LogP contribution < -0.4 is 0 Å². The van der Waals surface area contributed by atoms with Crippen LogP contribution in [-0.2, 0) is 4.79 Å². The van der Waals surface area contributed by atoms with E-state index in [1.165, 1.54) is 0 Å². The smallest absolute Gasteiger partial charge is 0.309 e. The van der Waals surface area contributed by atoms with Crippen molar-refractivity contribution in [3.63, 3.8) is 0 Å². The fourth-order valence-corrected chi connectivity index (χ4v) is 5.90. The van der Waals surface area contributed by atoms with Gasteiger partial charge in [-0.1, -0.05) is 83.2 Å². The Morgan fingerprint density at radius 3 is 2.00 bits per heavy atom. The Morgan fingerprint density at radius 1 is 0.850 bits per heavy atom. The van der Waals surface area contributed by atoms with Crippen LogP contribution in [0.15, 0.2) is 59.7 Å². The molecule has 5 nitrogen and oxygen atoms in total. The summed E-state index contributed by atoms with van der Waals surface area (Å²) in [7, 11) is 0. The number of carboxylic acid groups (broad SMARTS) is 1. The molecule has 0 spiro atoms. The van der Waals surface area contributed by atoms with Gasteiger partial charge in [0.05, 0.1) is 5.41 Å². The first kappa shape index (κ1) is 32.0. The molecule has 0 saturated heterocycles. The van der Waals surface area contributed by atoms with Gasteiger partial charge in [0.15, 0.2) is 0 Å². The lowest BCUT2D eigenvalue weighted by atomic mass is 9.74. The Hall–Kier alpha value is -2.47. The molecule has 220 valence electrons. The molecule has 1 aromatic carbocycles. The maximum absolute atomic E-state index is 11.6. The summed E-state index contributed by atoms with van der Waals surface area (Å²) in [5.74, 6) is -0.678. The van der Waals surface area contributed by atoms with Crippen molar-refractivity contribution in [2.45, 2.75) is 99.2 Å². The quantitative estimate of drug-likeness (QED) is 0.207. The van der Waals surface area contributed by atoms with Gasteiger partial charge in [-0.05, 0) is 97.1 Å². The highest BCUT2D eigenvalue weighted by atomic mass is 16.4. The van der Waals surface area contributed by atoms with Crippen LogP contribution >= 0.6 is 0 Å². The minimum Gasteiger partial charge on any atom is -0.481 e. The summed E-state index contributed by atoms with van der Waals surface area (Å²) >= 11 is 0. The first-order valence-corrected chi connectivity index (χ1v) is 14.7. The van der Waals surface area contributed by atoms with Gasteiger partial charge in [-0.15, -0.1) is 0 Å². The summed E-state index contributed by atoms with van der Waals surface area (Å²) in [6, 6.07) is 8.00. The second-order valence-electron chi connectivity index (χ2n) is 13.9. The molecule has 4 N–H and O–H groups in total. The van der Waals surface area contributed by atoms with Crippen LogP contribution in [0.5, 0.6) is 0 Å². The lowest BCUT2D eigenvalue weighted by Crippen LogP contribution is -2.25. The van der Waals surface area contributed by atoms with E-state index in [2.05, 4.69) is 58.9 Å². The van der Waals surface area contributed by atoms with Crippen molar-refractivity contribution in [1.82, 2.24) is 0 Å². The molecule has 2 aliphatic rings. The Labute approximate surface area is 241 Å². The zero-order chi connectivity index (χ0) is 29.9. The first-order chi connectivity index (χ1) is 18.6. The summed E-state index contributed by atoms with van der Waals surface area (Å²) in [6.07, 6.45) is 11.4. The van der Waals surface area contributed by atoms with E-state index in [1.807, 2.05) is 24.3 Å². The fourth-order valence-electron chi connectivity index (χ4n) is 5.90. The van der Waals surface area contributed by atoms with E-state index < -0.39 is 23.6 Å². The number of hydrogen-bond donors (Lipinski definition) is 4. The lowest BCUT2D eigenvalue weighted by Gasteiger charge is -2.33. The van der Waals surface area contributed by atoms with Crippen LogP contribution in [-0.4, -0.2) is 45.2 Å². The molecule has 3 unspecified atom stereocenters. The highest BCUT2D eigenvalue weighted by Crippen LogP contribution is 2.43. The predicted molar refractivity (Wildman–Crippen MR) is 164 cm³/mol. The molecule has 0 heterocycles. The SMILES string of the molecule is CC1C=C(CCCC(C)(C)C(=O)O)C(O)C(c2ccccc2C2=CC(C)(C)C=C(CCCC(C)(C)CO)C2O)=C1. The zero-order valence-corrected chi connectivity index (χ0v) is 25.5. The van der Waals surface area contributed by atoms with Gasteiger partial charge in [0.2, 0.25) is 0 Å². The molecule has 40 heavy (non-hydrogen) atoms. The average molecular weight is 551 g/mol. The van der Waals surface area contributed by atoms with E-state index >= 15 is 0 Å². The third kappa shape index (κ3) is 7.84. The average Bonchev–Trinajstić information content (AvgIpc) is 2.87. The van der Waals surface area contributed by atoms with Gasteiger partial charge in [0.25, 0.3) is 0 Å². The van der Waals surface area contributed by atoms with Crippen molar-refractivity contribution in [3.8, 4) is 0 Å². The molecule has 0 fully saturated rings. The number of carbonyl (C=O) groups is 1. The minimum atomic E-state index is -0.804. The number of aliphatic hydroxyl groups is 3. The Morgan fingerprint density at radius 2 is 1.40 bits per heavy atom. The predicted octanol–water partition coefficient (Wildman–Crippen LogP) is 7.19. The van der Waals surface area contributed by atoms with Crippen molar-refractivity contribution in [2.75, 3.05) is 6.61 Å². The molecule has 3 atom stereocenters. The molecule has 0 radical (unpaired) electrons. The van der Waals surface area contributed by atoms with Gasteiger partial charge in [0, 0.05) is 12.0 Å². The second-order valence-corrected chi connectivity index (χ2v) is 13.9. The summed E-state index contributed by atoms with van der Waals surface area (Å²) in [5.41, 5.74) is 4.29. The normalized spacial score (nSPS) is 23.2. The largest absolute Gasteiger partial charge is 0.481 e. The maximum Gasteiger partial charge on any atom is 0.309 e. The summed E-state index contributed by atoms with van der Waals surface area (Å²) < 4.78 is 0. The Balaban J connectivity index is 1.87. The molecule has 0 bridgehead atoms. The second kappa shape index (κ2) is 12.6. The van der Waals surface area contributed by atoms with Crippen LogP contribution in [0.2, 0.25) is 0 Å². The molecular weight excluding hydrogens is 500 g/mol. The fraction of sp³-hybridized carbons (Fsp3) is 0.571. The van der Waals surface area contributed by atoms with Gasteiger partial charge in [0.1, 0.15) is 12.2 Å². The molecule has 5 heteroatoms. The summed E-state index contributed by atoms with van der Waals surface area (Å²) in [5, 5.41) is 42.3. The van der Waals surface area contributed by atoms with Crippen molar-refractivity contribution < 1.29 is 25.2 Å². The molecule has 0 aromatic heterocycles. The number of aliphatic hydroxyl groups excluding tert-OH is 3. The lowest BCUT2D eigenvalue weighted by molar-refractivity contribution is -0.147. The van der Waals surface area contributed by atoms with E-state index in [9.17, 15) is 25.2 Å². The summed E-state index contributed by atoms with van der Waals surface area (Å²) in [4.78, 5) is 11.5. The van der Waals surface area contributed by atoms with Crippen molar-refractivity contribution in [1.29, 1.82) is 0 Å². The van der Waals surface area contributed by atoms with Crippen molar-refractivity contribution in [2.24, 2.45) is 22.2 Å². The van der Waals surface area contributed by atoms with E-state index in [-0.39, 0.29) is 23.4 Å². The van der Waals surface area contributed by atoms with Gasteiger partial charge >= 0.3 is 5.97 Å². The van der Waals surface area contributed by atoms with Gasteiger partial charge in [-0.25, -0.2) is 0 Å². The zero-order valence-electron chi connectivity index (χ0n) is 25.5. The van der Waals surface area contributed by atoms with Crippen LogP contribution in [0.25, 0.3) is 11.1 Å². The standard InChI is InChI=1S/C35H50O5/c1-23-18-24(12-11-17-35(6,7)32(39)40)30(37)28(19-23)26-14-8-9-15-27(26)29-21-34(4,5)20-25(31(29)38)13-10-16-33(2,3)22-36/h8-9,14-15,18-21,23,30-31,36-38H,10-13,16-17,22H2,1-7H3,(H,39,40). The minimum absolute atomic E-state index is 0.126. The number of aliphatic carboxylic acids is 1. The Bertz CT molecular complexity index is 1190. The Kier molecular flexibility index (Phi) is 10.1. The molecule has 0 aliphatic heterocycles. The highest BCUT2D eigenvalue weighted by molar-refractivity contribution is 5.86. The van der Waals surface area contributed by atoms with E-state index in [1.54, 1.807) is 13.8 Å². The molecular formula is C35H50O5. The molecule has 0 saturated carbocycles. The monoisotopic (exact) mass is 550 g/mol. The van der Waals surface area contributed by atoms with E-state index in [0.717, 1.165) is 52.7 Å². The molecule has 0 amide bonds.